The van der Waals surface area contributed by atoms with Crippen molar-refractivity contribution in [2.75, 3.05) is 5.32 Å². The van der Waals surface area contributed by atoms with Gasteiger partial charge in [-0.25, -0.2) is 9.97 Å². The maximum absolute atomic E-state index is 8.99. The molecule has 110 valence electrons. The third-order valence-corrected chi connectivity index (χ3v) is 3.74. The van der Waals surface area contributed by atoms with Gasteiger partial charge < -0.3 is 5.32 Å². The molecule has 0 aliphatic heterocycles. The van der Waals surface area contributed by atoms with E-state index >= 15 is 0 Å². The number of nitriles is 1. The Morgan fingerprint density at radius 1 is 1.22 bits per heavy atom. The first kappa shape index (κ1) is 13.2. The highest BCUT2D eigenvalue weighted by Crippen LogP contribution is 2.23. The molecule has 0 amide bonds. The molecule has 2 aromatic carbocycles. The molecule has 6 heteroatoms. The van der Waals surface area contributed by atoms with E-state index < -0.39 is 0 Å². The van der Waals surface area contributed by atoms with Crippen LogP contribution >= 0.6 is 0 Å². The summed E-state index contributed by atoms with van der Waals surface area (Å²) in [5.74, 6) is 0.533. The maximum atomic E-state index is 8.99. The maximum Gasteiger partial charge on any atom is 0.227 e. The highest BCUT2D eigenvalue weighted by molar-refractivity contribution is 5.87. The Bertz CT molecular complexity index is 1070. The fourth-order valence-corrected chi connectivity index (χ4v) is 2.58. The van der Waals surface area contributed by atoms with Crippen LogP contribution in [0.4, 0.5) is 11.6 Å². The van der Waals surface area contributed by atoms with Crippen LogP contribution in [0, 0.1) is 18.3 Å². The number of aryl methyl sites for hydroxylation is 1. The molecule has 0 saturated carbocycles. The lowest BCUT2D eigenvalue weighted by Crippen LogP contribution is -1.97. The molecule has 4 rings (SSSR count). The van der Waals surface area contributed by atoms with E-state index in [0.29, 0.717) is 11.6 Å². The number of nitrogens with one attached hydrogen (secondary N) is 2. The van der Waals surface area contributed by atoms with Crippen LogP contribution in [0.15, 0.2) is 42.6 Å². The van der Waals surface area contributed by atoms with Crippen LogP contribution in [-0.2, 0) is 0 Å². The van der Waals surface area contributed by atoms with Crippen molar-refractivity contribution in [3.63, 3.8) is 0 Å². The number of para-hydroxylation sites is 1. The molecule has 23 heavy (non-hydrogen) atoms. The average Bonchev–Trinajstić information content (AvgIpc) is 2.98. The van der Waals surface area contributed by atoms with E-state index in [2.05, 4.69) is 31.6 Å². The smallest absolute Gasteiger partial charge is 0.227 e. The number of hydrogen-bond acceptors (Lipinski definition) is 5. The number of aromatic amines is 1. The van der Waals surface area contributed by atoms with E-state index in [1.165, 1.54) is 0 Å². The molecule has 0 fully saturated rings. The first-order valence-corrected chi connectivity index (χ1v) is 7.12. The van der Waals surface area contributed by atoms with Crippen molar-refractivity contribution in [3.8, 4) is 6.07 Å². The predicted molar refractivity (Wildman–Crippen MR) is 88.4 cm³/mol. The summed E-state index contributed by atoms with van der Waals surface area (Å²) < 4.78 is 0. The van der Waals surface area contributed by atoms with Crippen LogP contribution in [0.1, 0.15) is 11.3 Å². The molecule has 0 aliphatic rings. The van der Waals surface area contributed by atoms with Crippen molar-refractivity contribution in [3.05, 3.63) is 53.9 Å². The second kappa shape index (κ2) is 5.07. The minimum absolute atomic E-state index is 0.393. The highest BCUT2D eigenvalue weighted by atomic mass is 15.1. The van der Waals surface area contributed by atoms with Crippen molar-refractivity contribution >= 4 is 33.4 Å². The molecule has 0 unspecified atom stereocenters. The molecule has 0 radical (unpaired) electrons. The summed E-state index contributed by atoms with van der Waals surface area (Å²) in [5, 5.41) is 20.8. The summed E-state index contributed by atoms with van der Waals surface area (Å²) in [6.07, 6.45) is 1.81. The Hall–Kier alpha value is -3.46. The normalized spacial score (nSPS) is 10.8. The van der Waals surface area contributed by atoms with Gasteiger partial charge in [-0.15, -0.1) is 0 Å². The van der Waals surface area contributed by atoms with Crippen LogP contribution in [0.3, 0.4) is 0 Å². The summed E-state index contributed by atoms with van der Waals surface area (Å²) in [6, 6.07) is 13.7. The van der Waals surface area contributed by atoms with Crippen molar-refractivity contribution in [2.45, 2.75) is 6.92 Å². The van der Waals surface area contributed by atoms with E-state index in [0.717, 1.165) is 33.1 Å². The van der Waals surface area contributed by atoms with Crippen molar-refractivity contribution in [1.82, 2.24) is 20.2 Å². The Kier molecular flexibility index (Phi) is 2.91. The van der Waals surface area contributed by atoms with Crippen LogP contribution in [0.2, 0.25) is 0 Å². The largest absolute Gasteiger partial charge is 0.324 e. The van der Waals surface area contributed by atoms with Gasteiger partial charge in [0.15, 0.2) is 5.69 Å². The first-order valence-electron chi connectivity index (χ1n) is 7.12. The van der Waals surface area contributed by atoms with Crippen LogP contribution in [0.25, 0.3) is 21.8 Å². The van der Waals surface area contributed by atoms with E-state index in [1.54, 1.807) is 6.20 Å². The molecule has 0 saturated heterocycles. The van der Waals surface area contributed by atoms with Gasteiger partial charge >= 0.3 is 0 Å². The number of rotatable bonds is 2. The van der Waals surface area contributed by atoms with Gasteiger partial charge in [0.05, 0.1) is 11.0 Å². The third kappa shape index (κ3) is 2.24. The quantitative estimate of drug-likeness (QED) is 0.592. The van der Waals surface area contributed by atoms with Crippen molar-refractivity contribution < 1.29 is 0 Å². The minimum Gasteiger partial charge on any atom is -0.324 e. The van der Waals surface area contributed by atoms with Crippen LogP contribution in [-0.4, -0.2) is 20.2 Å². The van der Waals surface area contributed by atoms with E-state index in [1.807, 2.05) is 43.3 Å². The van der Waals surface area contributed by atoms with Gasteiger partial charge in [-0.2, -0.15) is 10.4 Å². The molecule has 2 aromatic heterocycles. The monoisotopic (exact) mass is 300 g/mol. The third-order valence-electron chi connectivity index (χ3n) is 3.74. The number of anilines is 2. The molecule has 0 spiro atoms. The molecule has 6 nitrogen and oxygen atoms in total. The van der Waals surface area contributed by atoms with Crippen LogP contribution in [0.5, 0.6) is 0 Å². The Balaban J connectivity index is 1.73. The molecule has 2 N–H and O–H groups in total. The van der Waals surface area contributed by atoms with E-state index in [4.69, 9.17) is 5.26 Å². The molecule has 0 atom stereocenters. The highest BCUT2D eigenvalue weighted by Gasteiger charge is 2.07. The van der Waals surface area contributed by atoms with Crippen molar-refractivity contribution in [2.24, 2.45) is 0 Å². The van der Waals surface area contributed by atoms with Crippen molar-refractivity contribution in [1.29, 1.82) is 5.26 Å². The van der Waals surface area contributed by atoms with Gasteiger partial charge in [0.2, 0.25) is 5.95 Å². The van der Waals surface area contributed by atoms with Crippen LogP contribution < -0.4 is 5.32 Å². The number of benzene rings is 2. The minimum atomic E-state index is 0.393. The fourth-order valence-electron chi connectivity index (χ4n) is 2.58. The molecular formula is C17H12N6. The number of fused-ring (bicyclic) bond motifs is 2. The molecule has 0 bridgehead atoms. The van der Waals surface area contributed by atoms with Gasteiger partial charge in [0, 0.05) is 22.7 Å². The lowest BCUT2D eigenvalue weighted by molar-refractivity contribution is 1.10. The summed E-state index contributed by atoms with van der Waals surface area (Å²) in [7, 11) is 0. The molecule has 4 aromatic rings. The molecule has 0 aliphatic carbocycles. The lowest BCUT2D eigenvalue weighted by atomic mass is 10.1. The second-order valence-corrected chi connectivity index (χ2v) is 5.28. The zero-order valence-corrected chi connectivity index (χ0v) is 12.3. The second-order valence-electron chi connectivity index (χ2n) is 5.28. The van der Waals surface area contributed by atoms with Gasteiger partial charge in [0.25, 0.3) is 0 Å². The first-order chi connectivity index (χ1) is 11.2. The number of H-pyrrole nitrogens is 1. The fraction of sp³-hybridized carbons (Fsp3) is 0.0588. The summed E-state index contributed by atoms with van der Waals surface area (Å²) in [4.78, 5) is 8.92. The average molecular weight is 300 g/mol. The van der Waals surface area contributed by atoms with Gasteiger partial charge in [-0.3, -0.25) is 5.10 Å². The SMILES string of the molecule is Cc1cccc2cnc(Nc3ccc4c(C#N)n[nH]c4c3)nc12. The zero-order valence-electron chi connectivity index (χ0n) is 12.3. The standard InChI is InChI=1S/C17H12N6/c1-10-3-2-4-11-9-19-17(21-16(10)11)20-12-5-6-13-14(7-12)22-23-15(13)8-18/h2-7,9H,1H3,(H,22,23)(H,19,20,21). The Labute approximate surface area is 131 Å². The predicted octanol–water partition coefficient (Wildman–Crippen LogP) is 3.43. The summed E-state index contributed by atoms with van der Waals surface area (Å²) in [6.45, 7) is 2.03. The topological polar surface area (TPSA) is 90.3 Å². The summed E-state index contributed by atoms with van der Waals surface area (Å²) in [5.41, 5.74) is 4.06. The van der Waals surface area contributed by atoms with Gasteiger partial charge in [-0.05, 0) is 30.7 Å². The lowest BCUT2D eigenvalue weighted by Gasteiger charge is -2.07. The summed E-state index contributed by atoms with van der Waals surface area (Å²) >= 11 is 0. The van der Waals surface area contributed by atoms with Gasteiger partial charge in [0.1, 0.15) is 6.07 Å². The number of hydrogen-bond donors (Lipinski definition) is 2. The van der Waals surface area contributed by atoms with E-state index in [-0.39, 0.29) is 0 Å². The Morgan fingerprint density at radius 2 is 2.13 bits per heavy atom. The zero-order chi connectivity index (χ0) is 15.8. The molecular weight excluding hydrogens is 288 g/mol. The Morgan fingerprint density at radius 3 is 3.00 bits per heavy atom. The van der Waals surface area contributed by atoms with Gasteiger partial charge in [-0.1, -0.05) is 18.2 Å². The van der Waals surface area contributed by atoms with E-state index in [9.17, 15) is 0 Å². The molecule has 2 heterocycles. The number of nitrogens with zero attached hydrogens (tertiary/aromatic N) is 4. The number of aromatic nitrogens is 4.